The molecule has 0 saturated carbocycles. The number of piperazine rings is 1. The van der Waals surface area contributed by atoms with Crippen molar-refractivity contribution in [2.45, 2.75) is 26.4 Å². The molecule has 7 nitrogen and oxygen atoms in total. The van der Waals surface area contributed by atoms with Crippen molar-refractivity contribution in [3.8, 4) is 0 Å². The van der Waals surface area contributed by atoms with Crippen LogP contribution < -0.4 is 16.4 Å². The number of aromatic nitrogens is 2. The van der Waals surface area contributed by atoms with Gasteiger partial charge in [0.2, 0.25) is 0 Å². The standard InChI is InChI=1S/C16H20N4O3.ClH/c1-3-19-13-5-4-11(8-12(13)18-14(21)16(19)23)15(22)20-7-6-17-9-10(20)2;/h4-5,8,10,17H,3,6-7,9H2,1-2H3,(H,18,21);1H/t10-;/m1./s1. The molecule has 0 unspecified atom stereocenters. The molecule has 130 valence electrons. The molecule has 24 heavy (non-hydrogen) atoms. The van der Waals surface area contributed by atoms with Crippen molar-refractivity contribution in [3.05, 3.63) is 44.5 Å². The van der Waals surface area contributed by atoms with Crippen molar-refractivity contribution in [2.75, 3.05) is 19.6 Å². The third kappa shape index (κ3) is 3.09. The topological polar surface area (TPSA) is 87.2 Å². The van der Waals surface area contributed by atoms with Crippen LogP contribution >= 0.6 is 12.4 Å². The maximum absolute atomic E-state index is 12.7. The summed E-state index contributed by atoms with van der Waals surface area (Å²) in [5.41, 5.74) is 0.407. The number of nitrogens with one attached hydrogen (secondary N) is 2. The van der Waals surface area contributed by atoms with Crippen molar-refractivity contribution >= 4 is 29.3 Å². The molecule has 1 saturated heterocycles. The molecule has 1 fully saturated rings. The zero-order valence-corrected chi connectivity index (χ0v) is 14.5. The molecule has 1 aromatic heterocycles. The summed E-state index contributed by atoms with van der Waals surface area (Å²) in [7, 11) is 0. The van der Waals surface area contributed by atoms with Gasteiger partial charge in [-0.05, 0) is 32.0 Å². The Labute approximate surface area is 145 Å². The van der Waals surface area contributed by atoms with Crippen LogP contribution in [0.2, 0.25) is 0 Å². The van der Waals surface area contributed by atoms with Crippen LogP contribution in [-0.2, 0) is 6.54 Å². The predicted molar refractivity (Wildman–Crippen MR) is 95.1 cm³/mol. The number of amides is 1. The van der Waals surface area contributed by atoms with Crippen molar-refractivity contribution < 1.29 is 4.79 Å². The molecule has 0 radical (unpaired) electrons. The molecule has 8 heteroatoms. The minimum atomic E-state index is -0.667. The van der Waals surface area contributed by atoms with Crippen molar-refractivity contribution in [3.63, 3.8) is 0 Å². The SMILES string of the molecule is CCn1c(=O)c(=O)[nH]c2cc(C(=O)N3CCNC[C@H]3C)ccc21.Cl. The first kappa shape index (κ1) is 18.2. The monoisotopic (exact) mass is 352 g/mol. The highest BCUT2D eigenvalue weighted by Gasteiger charge is 2.24. The molecule has 0 aliphatic carbocycles. The van der Waals surface area contributed by atoms with E-state index in [0.717, 1.165) is 13.1 Å². The van der Waals surface area contributed by atoms with E-state index in [9.17, 15) is 14.4 Å². The van der Waals surface area contributed by atoms with Crippen LogP contribution in [0.1, 0.15) is 24.2 Å². The van der Waals surface area contributed by atoms with Gasteiger partial charge in [-0.15, -0.1) is 12.4 Å². The van der Waals surface area contributed by atoms with Gasteiger partial charge in [0.1, 0.15) is 0 Å². The van der Waals surface area contributed by atoms with Crippen LogP contribution in [0.4, 0.5) is 0 Å². The number of fused-ring (bicyclic) bond motifs is 1. The summed E-state index contributed by atoms with van der Waals surface area (Å²) in [6.07, 6.45) is 0. The summed E-state index contributed by atoms with van der Waals surface area (Å²) < 4.78 is 1.41. The van der Waals surface area contributed by atoms with Crippen molar-refractivity contribution in [2.24, 2.45) is 0 Å². The minimum Gasteiger partial charge on any atom is -0.333 e. The number of halogens is 1. The normalized spacial score (nSPS) is 17.6. The second-order valence-electron chi connectivity index (χ2n) is 5.79. The number of hydrogen-bond acceptors (Lipinski definition) is 4. The van der Waals surface area contributed by atoms with Crippen LogP contribution in [0.15, 0.2) is 27.8 Å². The molecular formula is C16H21ClN4O3. The lowest BCUT2D eigenvalue weighted by Gasteiger charge is -2.34. The largest absolute Gasteiger partial charge is 0.333 e. The van der Waals surface area contributed by atoms with E-state index < -0.39 is 11.1 Å². The van der Waals surface area contributed by atoms with Crippen LogP contribution in [0, 0.1) is 0 Å². The zero-order chi connectivity index (χ0) is 16.6. The highest BCUT2D eigenvalue weighted by atomic mass is 35.5. The number of H-pyrrole nitrogens is 1. The fraction of sp³-hybridized carbons (Fsp3) is 0.438. The van der Waals surface area contributed by atoms with E-state index >= 15 is 0 Å². The number of hydrogen-bond donors (Lipinski definition) is 2. The summed E-state index contributed by atoms with van der Waals surface area (Å²) in [6.45, 7) is 6.41. The Balaban J connectivity index is 0.00000208. The average Bonchev–Trinajstić information content (AvgIpc) is 2.55. The Morgan fingerprint density at radius 3 is 2.75 bits per heavy atom. The number of aromatic amines is 1. The number of aryl methyl sites for hydroxylation is 1. The summed E-state index contributed by atoms with van der Waals surface area (Å²) >= 11 is 0. The lowest BCUT2D eigenvalue weighted by molar-refractivity contribution is 0.0656. The first-order valence-corrected chi connectivity index (χ1v) is 7.81. The molecule has 2 heterocycles. The van der Waals surface area contributed by atoms with E-state index in [4.69, 9.17) is 0 Å². The van der Waals surface area contributed by atoms with Gasteiger partial charge in [0, 0.05) is 37.8 Å². The van der Waals surface area contributed by atoms with Gasteiger partial charge in [-0.1, -0.05) is 0 Å². The number of benzene rings is 1. The second-order valence-corrected chi connectivity index (χ2v) is 5.79. The Morgan fingerprint density at radius 1 is 1.33 bits per heavy atom. The molecule has 1 amide bonds. The van der Waals surface area contributed by atoms with Gasteiger partial charge in [0.25, 0.3) is 5.91 Å². The summed E-state index contributed by atoms with van der Waals surface area (Å²) in [4.78, 5) is 40.7. The zero-order valence-electron chi connectivity index (χ0n) is 13.7. The average molecular weight is 353 g/mol. The van der Waals surface area contributed by atoms with Gasteiger partial charge < -0.3 is 19.8 Å². The van der Waals surface area contributed by atoms with Crippen LogP contribution in [0.5, 0.6) is 0 Å². The minimum absolute atomic E-state index is 0. The lowest BCUT2D eigenvalue weighted by Crippen LogP contribution is -2.52. The van der Waals surface area contributed by atoms with Gasteiger partial charge in [-0.25, -0.2) is 0 Å². The van der Waals surface area contributed by atoms with E-state index in [1.165, 1.54) is 4.57 Å². The Bertz CT molecular complexity index is 874. The number of carbonyl (C=O) groups excluding carboxylic acids is 1. The van der Waals surface area contributed by atoms with Crippen LogP contribution in [0.3, 0.4) is 0 Å². The van der Waals surface area contributed by atoms with Crippen molar-refractivity contribution in [1.29, 1.82) is 0 Å². The van der Waals surface area contributed by atoms with Gasteiger partial charge >= 0.3 is 11.1 Å². The molecule has 0 bridgehead atoms. The third-order valence-corrected chi connectivity index (χ3v) is 4.30. The maximum atomic E-state index is 12.7. The maximum Gasteiger partial charge on any atom is 0.316 e. The molecular weight excluding hydrogens is 332 g/mol. The van der Waals surface area contributed by atoms with Gasteiger partial charge in [0.15, 0.2) is 0 Å². The van der Waals surface area contributed by atoms with Gasteiger partial charge in [-0.3, -0.25) is 14.4 Å². The smallest absolute Gasteiger partial charge is 0.316 e. The van der Waals surface area contributed by atoms with Crippen molar-refractivity contribution in [1.82, 2.24) is 19.8 Å². The van der Waals surface area contributed by atoms with Crippen LogP contribution in [-0.4, -0.2) is 46.0 Å². The molecule has 1 aliphatic heterocycles. The Kier molecular flexibility index (Phi) is 5.46. The first-order chi connectivity index (χ1) is 11.0. The highest BCUT2D eigenvalue weighted by molar-refractivity contribution is 5.97. The Morgan fingerprint density at radius 2 is 2.08 bits per heavy atom. The van der Waals surface area contributed by atoms with E-state index in [2.05, 4.69) is 10.3 Å². The first-order valence-electron chi connectivity index (χ1n) is 7.81. The quantitative estimate of drug-likeness (QED) is 0.773. The molecule has 1 aliphatic rings. The summed E-state index contributed by atoms with van der Waals surface area (Å²) in [6, 6.07) is 5.20. The molecule has 2 N–H and O–H groups in total. The molecule has 1 aromatic carbocycles. The van der Waals surface area contributed by atoms with E-state index in [1.54, 1.807) is 18.2 Å². The fourth-order valence-electron chi connectivity index (χ4n) is 3.03. The number of rotatable bonds is 2. The van der Waals surface area contributed by atoms with Gasteiger partial charge in [-0.2, -0.15) is 0 Å². The van der Waals surface area contributed by atoms with Gasteiger partial charge in [0.05, 0.1) is 11.0 Å². The number of nitrogens with zero attached hydrogens (tertiary/aromatic N) is 2. The Hall–Kier alpha value is -2.12. The molecule has 1 atom stereocenters. The molecule has 2 aromatic rings. The third-order valence-electron chi connectivity index (χ3n) is 4.30. The number of carbonyl (C=O) groups is 1. The fourth-order valence-corrected chi connectivity index (χ4v) is 3.03. The summed E-state index contributed by atoms with van der Waals surface area (Å²) in [5, 5.41) is 3.25. The highest BCUT2D eigenvalue weighted by Crippen LogP contribution is 2.15. The summed E-state index contributed by atoms with van der Waals surface area (Å²) in [5.74, 6) is -0.0593. The van der Waals surface area contributed by atoms with E-state index in [-0.39, 0.29) is 24.4 Å². The van der Waals surface area contributed by atoms with E-state index in [0.29, 0.717) is 29.7 Å². The molecule has 0 spiro atoms. The van der Waals surface area contributed by atoms with Crippen LogP contribution in [0.25, 0.3) is 11.0 Å². The van der Waals surface area contributed by atoms with E-state index in [1.807, 2.05) is 18.7 Å². The second kappa shape index (κ2) is 7.19. The molecule has 3 rings (SSSR count). The predicted octanol–water partition coefficient (Wildman–Crippen LogP) is 0.565. The lowest BCUT2D eigenvalue weighted by atomic mass is 10.1.